The summed E-state index contributed by atoms with van der Waals surface area (Å²) in [7, 11) is 1.67. The number of ether oxygens (including phenoxy) is 2. The highest BCUT2D eigenvalue weighted by Gasteiger charge is 2.24. The Morgan fingerprint density at radius 2 is 2.47 bits per heavy atom. The summed E-state index contributed by atoms with van der Waals surface area (Å²) in [5.41, 5.74) is 4.05. The quantitative estimate of drug-likeness (QED) is 0.630. The number of hydrogen-bond donors (Lipinski definition) is 2. The molecule has 2 atom stereocenters. The number of hydrazine groups is 1. The van der Waals surface area contributed by atoms with E-state index in [1.165, 1.54) is 5.56 Å². The molecule has 106 valence electrons. The Bertz CT molecular complexity index is 414. The number of thioether (sulfide) groups is 1. The molecule has 1 saturated heterocycles. The first-order chi connectivity index (χ1) is 9.24. The molecule has 1 aromatic carbocycles. The molecular formula is C13H19BrN2O2S. The van der Waals surface area contributed by atoms with Gasteiger partial charge in [-0.3, -0.25) is 11.3 Å². The van der Waals surface area contributed by atoms with Gasteiger partial charge in [0.2, 0.25) is 0 Å². The van der Waals surface area contributed by atoms with Gasteiger partial charge in [-0.25, -0.2) is 0 Å². The highest BCUT2D eigenvalue weighted by Crippen LogP contribution is 2.25. The van der Waals surface area contributed by atoms with Crippen LogP contribution in [-0.2, 0) is 11.2 Å². The van der Waals surface area contributed by atoms with Gasteiger partial charge in [-0.1, -0.05) is 15.9 Å². The lowest BCUT2D eigenvalue weighted by Gasteiger charge is -2.30. The Balaban J connectivity index is 2.08. The summed E-state index contributed by atoms with van der Waals surface area (Å²) in [4.78, 5) is 0. The maximum atomic E-state index is 5.79. The van der Waals surface area contributed by atoms with Crippen molar-refractivity contribution in [3.05, 3.63) is 28.2 Å². The predicted octanol–water partition coefficient (Wildman–Crippen LogP) is 1.96. The number of rotatable bonds is 5. The van der Waals surface area contributed by atoms with Crippen molar-refractivity contribution in [2.75, 3.05) is 25.2 Å². The monoisotopic (exact) mass is 346 g/mol. The zero-order valence-corrected chi connectivity index (χ0v) is 13.3. The van der Waals surface area contributed by atoms with Crippen LogP contribution in [0.2, 0.25) is 0 Å². The molecule has 0 radical (unpaired) electrons. The van der Waals surface area contributed by atoms with Gasteiger partial charge in [0.05, 0.1) is 25.9 Å². The molecule has 19 heavy (non-hydrogen) atoms. The SMILES string of the molecule is COc1ccc(Br)c(CC(NN)C2CSCCO2)c1. The normalized spacial score (nSPS) is 21.1. The summed E-state index contributed by atoms with van der Waals surface area (Å²) < 4.78 is 12.1. The summed E-state index contributed by atoms with van der Waals surface area (Å²) in [5.74, 6) is 8.59. The minimum atomic E-state index is 0.108. The van der Waals surface area contributed by atoms with E-state index >= 15 is 0 Å². The molecule has 0 bridgehead atoms. The Morgan fingerprint density at radius 1 is 1.63 bits per heavy atom. The van der Waals surface area contributed by atoms with Crippen LogP contribution in [0.4, 0.5) is 0 Å². The number of halogens is 1. The first kappa shape index (κ1) is 15.1. The lowest BCUT2D eigenvalue weighted by atomic mass is 10.0. The lowest BCUT2D eigenvalue weighted by molar-refractivity contribution is 0.0471. The molecule has 3 N–H and O–H groups in total. The number of methoxy groups -OCH3 is 1. The summed E-state index contributed by atoms with van der Waals surface area (Å²) >= 11 is 5.48. The fraction of sp³-hybridized carbons (Fsp3) is 0.538. The number of nitrogens with one attached hydrogen (secondary N) is 1. The highest BCUT2D eigenvalue weighted by molar-refractivity contribution is 9.10. The van der Waals surface area contributed by atoms with Crippen LogP contribution in [0.3, 0.4) is 0 Å². The second kappa shape index (κ2) is 7.50. The van der Waals surface area contributed by atoms with Crippen molar-refractivity contribution in [3.63, 3.8) is 0 Å². The molecule has 1 aromatic rings. The number of hydrogen-bond acceptors (Lipinski definition) is 5. The molecule has 0 saturated carbocycles. The van der Waals surface area contributed by atoms with Crippen molar-refractivity contribution in [2.45, 2.75) is 18.6 Å². The fourth-order valence-electron chi connectivity index (χ4n) is 2.11. The van der Waals surface area contributed by atoms with Crippen molar-refractivity contribution in [3.8, 4) is 5.75 Å². The molecule has 1 aliphatic rings. The predicted molar refractivity (Wildman–Crippen MR) is 82.6 cm³/mol. The van der Waals surface area contributed by atoms with Crippen LogP contribution in [0.15, 0.2) is 22.7 Å². The van der Waals surface area contributed by atoms with Gasteiger partial charge in [-0.15, -0.1) is 0 Å². The topological polar surface area (TPSA) is 56.5 Å². The van der Waals surface area contributed by atoms with E-state index in [1.807, 2.05) is 30.0 Å². The van der Waals surface area contributed by atoms with E-state index in [4.69, 9.17) is 15.3 Å². The Hall–Kier alpha value is -0.270. The first-order valence-electron chi connectivity index (χ1n) is 6.22. The molecule has 0 aromatic heterocycles. The third kappa shape index (κ3) is 4.10. The lowest BCUT2D eigenvalue weighted by Crippen LogP contribution is -2.49. The largest absolute Gasteiger partial charge is 0.497 e. The van der Waals surface area contributed by atoms with Crippen molar-refractivity contribution in [1.82, 2.24) is 5.43 Å². The molecule has 4 nitrogen and oxygen atoms in total. The van der Waals surface area contributed by atoms with Gasteiger partial charge < -0.3 is 9.47 Å². The van der Waals surface area contributed by atoms with E-state index in [2.05, 4.69) is 21.4 Å². The van der Waals surface area contributed by atoms with Crippen LogP contribution < -0.4 is 16.0 Å². The minimum absolute atomic E-state index is 0.108. The van der Waals surface area contributed by atoms with Crippen LogP contribution in [0, 0.1) is 0 Å². The Labute approximate surface area is 126 Å². The summed E-state index contributed by atoms with van der Waals surface area (Å²) in [6.45, 7) is 0.798. The maximum absolute atomic E-state index is 5.79. The van der Waals surface area contributed by atoms with E-state index in [0.29, 0.717) is 0 Å². The van der Waals surface area contributed by atoms with Crippen molar-refractivity contribution in [1.29, 1.82) is 0 Å². The van der Waals surface area contributed by atoms with Crippen LogP contribution >= 0.6 is 27.7 Å². The van der Waals surface area contributed by atoms with Crippen LogP contribution in [0.5, 0.6) is 5.75 Å². The average molecular weight is 347 g/mol. The molecule has 0 spiro atoms. The molecule has 0 aliphatic carbocycles. The van der Waals surface area contributed by atoms with Crippen LogP contribution in [0.1, 0.15) is 5.56 Å². The van der Waals surface area contributed by atoms with Crippen molar-refractivity contribution in [2.24, 2.45) is 5.84 Å². The fourth-order valence-corrected chi connectivity index (χ4v) is 3.46. The molecule has 1 fully saturated rings. The van der Waals surface area contributed by atoms with Gasteiger partial charge in [0.15, 0.2) is 0 Å². The Morgan fingerprint density at radius 3 is 3.11 bits per heavy atom. The van der Waals surface area contributed by atoms with E-state index in [9.17, 15) is 0 Å². The van der Waals surface area contributed by atoms with E-state index in [0.717, 1.165) is 34.8 Å². The number of benzene rings is 1. The molecule has 1 aliphatic heterocycles. The second-order valence-corrected chi connectivity index (χ2v) is 6.42. The molecule has 2 rings (SSSR count). The van der Waals surface area contributed by atoms with Crippen molar-refractivity contribution >= 4 is 27.7 Å². The van der Waals surface area contributed by atoms with Gasteiger partial charge in [-0.2, -0.15) is 11.8 Å². The van der Waals surface area contributed by atoms with E-state index in [-0.39, 0.29) is 12.1 Å². The zero-order valence-electron chi connectivity index (χ0n) is 10.9. The summed E-state index contributed by atoms with van der Waals surface area (Å²) in [6.07, 6.45) is 0.960. The van der Waals surface area contributed by atoms with E-state index < -0.39 is 0 Å². The summed E-state index contributed by atoms with van der Waals surface area (Å²) in [5, 5.41) is 0. The van der Waals surface area contributed by atoms with Gasteiger partial charge in [0, 0.05) is 16.0 Å². The summed E-state index contributed by atoms with van der Waals surface area (Å²) in [6, 6.07) is 6.07. The first-order valence-corrected chi connectivity index (χ1v) is 8.17. The van der Waals surface area contributed by atoms with Gasteiger partial charge in [0.25, 0.3) is 0 Å². The molecular weight excluding hydrogens is 328 g/mol. The smallest absolute Gasteiger partial charge is 0.119 e. The molecule has 2 unspecified atom stereocenters. The molecule has 6 heteroatoms. The highest BCUT2D eigenvalue weighted by atomic mass is 79.9. The second-order valence-electron chi connectivity index (χ2n) is 4.42. The third-order valence-corrected chi connectivity index (χ3v) is 4.99. The van der Waals surface area contributed by atoms with Gasteiger partial charge in [-0.05, 0) is 30.2 Å². The minimum Gasteiger partial charge on any atom is -0.497 e. The van der Waals surface area contributed by atoms with Gasteiger partial charge in [0.1, 0.15) is 5.75 Å². The van der Waals surface area contributed by atoms with Gasteiger partial charge >= 0.3 is 0 Å². The Kier molecular flexibility index (Phi) is 5.97. The molecule has 0 amide bonds. The van der Waals surface area contributed by atoms with Crippen molar-refractivity contribution < 1.29 is 9.47 Å². The average Bonchev–Trinajstić information content (AvgIpc) is 2.47. The zero-order chi connectivity index (χ0) is 13.7. The molecule has 1 heterocycles. The van der Waals surface area contributed by atoms with E-state index in [1.54, 1.807) is 7.11 Å². The van der Waals surface area contributed by atoms with Crippen LogP contribution in [0.25, 0.3) is 0 Å². The third-order valence-electron chi connectivity index (χ3n) is 3.20. The van der Waals surface area contributed by atoms with Crippen LogP contribution in [-0.4, -0.2) is 37.4 Å². The standard InChI is InChI=1S/C13H19BrN2O2S/c1-17-10-2-3-11(14)9(6-10)7-12(16-15)13-8-19-5-4-18-13/h2-3,6,12-13,16H,4-5,7-8,15H2,1H3. The maximum Gasteiger partial charge on any atom is 0.119 e. The number of nitrogens with two attached hydrogens (primary N) is 1.